The summed E-state index contributed by atoms with van der Waals surface area (Å²) >= 11 is 0. The lowest BCUT2D eigenvalue weighted by atomic mass is 10.1. The van der Waals surface area contributed by atoms with Gasteiger partial charge in [-0.1, -0.05) is 6.07 Å². The minimum Gasteiger partial charge on any atom is -0.454 e. The van der Waals surface area contributed by atoms with E-state index in [4.69, 9.17) is 9.47 Å². The molecule has 1 amide bonds. The van der Waals surface area contributed by atoms with E-state index < -0.39 is 20.9 Å². The summed E-state index contributed by atoms with van der Waals surface area (Å²) in [7, 11) is -3.54. The molecule has 0 aliphatic carbocycles. The van der Waals surface area contributed by atoms with Gasteiger partial charge in [-0.25, -0.2) is 12.8 Å². The Hall–Kier alpha value is -2.87. The highest BCUT2D eigenvalue weighted by atomic mass is 32.2. The van der Waals surface area contributed by atoms with Gasteiger partial charge in [0.15, 0.2) is 21.3 Å². The SMILES string of the molecule is O=C(/C=C/c1ccc2c(c1)OCO2)N1CCC(S(=O)(=O)c2ccc(F)cc2)CC1. The molecule has 0 unspecified atom stereocenters. The summed E-state index contributed by atoms with van der Waals surface area (Å²) in [5.41, 5.74) is 0.816. The molecule has 29 heavy (non-hydrogen) atoms. The Morgan fingerprint density at radius 3 is 2.45 bits per heavy atom. The largest absolute Gasteiger partial charge is 0.454 e. The van der Waals surface area contributed by atoms with Gasteiger partial charge >= 0.3 is 0 Å². The Morgan fingerprint density at radius 2 is 1.72 bits per heavy atom. The molecule has 152 valence electrons. The van der Waals surface area contributed by atoms with Gasteiger partial charge in [-0.2, -0.15) is 0 Å². The van der Waals surface area contributed by atoms with Crippen molar-refractivity contribution in [1.29, 1.82) is 0 Å². The summed E-state index contributed by atoms with van der Waals surface area (Å²) in [6.07, 6.45) is 3.88. The second kappa shape index (κ2) is 7.87. The van der Waals surface area contributed by atoms with Crippen LogP contribution >= 0.6 is 0 Å². The number of nitrogens with zero attached hydrogens (tertiary/aromatic N) is 1. The molecule has 0 N–H and O–H groups in total. The van der Waals surface area contributed by atoms with E-state index in [-0.39, 0.29) is 17.6 Å². The molecule has 4 rings (SSSR count). The second-order valence-electron chi connectivity index (χ2n) is 6.97. The lowest BCUT2D eigenvalue weighted by molar-refractivity contribution is -0.126. The molecule has 2 aliphatic heterocycles. The van der Waals surface area contributed by atoms with Crippen LogP contribution < -0.4 is 9.47 Å². The molecule has 0 radical (unpaired) electrons. The van der Waals surface area contributed by atoms with E-state index in [2.05, 4.69) is 0 Å². The second-order valence-corrected chi connectivity index (χ2v) is 9.20. The molecule has 2 heterocycles. The third kappa shape index (κ3) is 4.12. The van der Waals surface area contributed by atoms with Crippen molar-refractivity contribution in [3.8, 4) is 11.5 Å². The van der Waals surface area contributed by atoms with Crippen LogP contribution in [0.5, 0.6) is 11.5 Å². The number of piperidine rings is 1. The number of carbonyl (C=O) groups excluding carboxylic acids is 1. The number of hydrogen-bond donors (Lipinski definition) is 0. The third-order valence-corrected chi connectivity index (χ3v) is 7.43. The number of rotatable bonds is 4. The molecule has 1 fully saturated rings. The Labute approximate surface area is 168 Å². The van der Waals surface area contributed by atoms with Crippen LogP contribution in [0.1, 0.15) is 18.4 Å². The summed E-state index contributed by atoms with van der Waals surface area (Å²) in [5, 5.41) is -0.574. The van der Waals surface area contributed by atoms with Crippen molar-refractivity contribution in [2.45, 2.75) is 23.0 Å². The zero-order valence-corrected chi connectivity index (χ0v) is 16.4. The molecule has 2 aromatic carbocycles. The topological polar surface area (TPSA) is 72.9 Å². The van der Waals surface area contributed by atoms with Crippen molar-refractivity contribution in [3.63, 3.8) is 0 Å². The van der Waals surface area contributed by atoms with Crippen LogP contribution in [0.3, 0.4) is 0 Å². The van der Waals surface area contributed by atoms with Crippen molar-refractivity contribution in [1.82, 2.24) is 4.90 Å². The molecule has 1 saturated heterocycles. The summed E-state index contributed by atoms with van der Waals surface area (Å²) in [6.45, 7) is 0.905. The maximum absolute atomic E-state index is 13.1. The molecule has 6 nitrogen and oxygen atoms in total. The van der Waals surface area contributed by atoms with Gasteiger partial charge in [0.2, 0.25) is 12.7 Å². The quantitative estimate of drug-likeness (QED) is 0.565. The first-order valence-electron chi connectivity index (χ1n) is 9.29. The van der Waals surface area contributed by atoms with Crippen LogP contribution in [-0.4, -0.2) is 44.4 Å². The van der Waals surface area contributed by atoms with Crippen LogP contribution in [0.15, 0.2) is 53.4 Å². The number of halogens is 1. The molecular weight excluding hydrogens is 397 g/mol. The minimum absolute atomic E-state index is 0.117. The standard InChI is InChI=1S/C21H20FNO5S/c22-16-3-5-17(6-4-16)29(25,26)18-9-11-23(12-10-18)21(24)8-2-15-1-7-19-20(13-15)28-14-27-19/h1-8,13,18H,9-12,14H2/b8-2+. The molecule has 8 heteroatoms. The van der Waals surface area contributed by atoms with Crippen molar-refractivity contribution in [3.05, 3.63) is 59.9 Å². The number of hydrogen-bond acceptors (Lipinski definition) is 5. The number of benzene rings is 2. The number of likely N-dealkylation sites (tertiary alicyclic amines) is 1. The van der Waals surface area contributed by atoms with E-state index in [0.717, 1.165) is 17.7 Å². The average Bonchev–Trinajstić information content (AvgIpc) is 3.20. The molecule has 0 aromatic heterocycles. The molecule has 0 atom stereocenters. The average molecular weight is 417 g/mol. The molecule has 0 spiro atoms. The molecule has 2 aromatic rings. The fraction of sp³-hybridized carbons (Fsp3) is 0.286. The van der Waals surface area contributed by atoms with Crippen LogP contribution in [-0.2, 0) is 14.6 Å². The zero-order valence-electron chi connectivity index (χ0n) is 15.6. The van der Waals surface area contributed by atoms with Crippen molar-refractivity contribution < 1.29 is 27.1 Å². The number of ether oxygens (including phenoxy) is 2. The zero-order chi connectivity index (χ0) is 20.4. The Kier molecular flexibility index (Phi) is 5.27. The normalized spacial score (nSPS) is 17.1. The highest BCUT2D eigenvalue weighted by Gasteiger charge is 2.32. The van der Waals surface area contributed by atoms with Crippen LogP contribution in [0.4, 0.5) is 4.39 Å². The van der Waals surface area contributed by atoms with Crippen LogP contribution in [0.25, 0.3) is 6.08 Å². The first-order valence-corrected chi connectivity index (χ1v) is 10.8. The molecule has 0 saturated carbocycles. The first-order chi connectivity index (χ1) is 13.9. The minimum atomic E-state index is -3.54. The number of fused-ring (bicyclic) bond motifs is 1. The Morgan fingerprint density at radius 1 is 1.03 bits per heavy atom. The van der Waals surface area contributed by atoms with Crippen LogP contribution in [0, 0.1) is 5.82 Å². The van der Waals surface area contributed by atoms with Gasteiger partial charge in [0, 0.05) is 19.2 Å². The van der Waals surface area contributed by atoms with Gasteiger partial charge in [0.05, 0.1) is 10.1 Å². The maximum Gasteiger partial charge on any atom is 0.246 e. The Balaban J connectivity index is 1.36. The molecule has 2 aliphatic rings. The van der Waals surface area contributed by atoms with Crippen molar-refractivity contribution in [2.24, 2.45) is 0 Å². The van der Waals surface area contributed by atoms with Gasteiger partial charge in [0.1, 0.15) is 5.82 Å². The predicted molar refractivity (Wildman–Crippen MR) is 105 cm³/mol. The van der Waals surface area contributed by atoms with Crippen LogP contribution in [0.2, 0.25) is 0 Å². The predicted octanol–water partition coefficient (Wildman–Crippen LogP) is 3.03. The third-order valence-electron chi connectivity index (χ3n) is 5.15. The van der Waals surface area contributed by atoms with E-state index in [1.165, 1.54) is 18.2 Å². The monoisotopic (exact) mass is 417 g/mol. The number of amides is 1. The highest BCUT2D eigenvalue weighted by Crippen LogP contribution is 2.33. The number of sulfone groups is 1. The fourth-order valence-electron chi connectivity index (χ4n) is 3.49. The van der Waals surface area contributed by atoms with E-state index >= 15 is 0 Å². The molecule has 0 bridgehead atoms. The van der Waals surface area contributed by atoms with Crippen molar-refractivity contribution in [2.75, 3.05) is 19.9 Å². The number of carbonyl (C=O) groups is 1. The van der Waals surface area contributed by atoms with Gasteiger partial charge in [-0.3, -0.25) is 4.79 Å². The summed E-state index contributed by atoms with van der Waals surface area (Å²) < 4.78 is 49.1. The maximum atomic E-state index is 13.1. The van der Waals surface area contributed by atoms with Gasteiger partial charge in [-0.05, 0) is 60.9 Å². The van der Waals surface area contributed by atoms with Crippen molar-refractivity contribution >= 4 is 21.8 Å². The van der Waals surface area contributed by atoms with Gasteiger partial charge < -0.3 is 14.4 Å². The molecular formula is C21H20FNO5S. The highest BCUT2D eigenvalue weighted by molar-refractivity contribution is 7.92. The van der Waals surface area contributed by atoms with Gasteiger partial charge in [0.25, 0.3) is 0 Å². The van der Waals surface area contributed by atoms with E-state index in [0.29, 0.717) is 37.4 Å². The van der Waals surface area contributed by atoms with E-state index in [1.54, 1.807) is 23.1 Å². The lowest BCUT2D eigenvalue weighted by Gasteiger charge is -2.31. The fourth-order valence-corrected chi connectivity index (χ4v) is 5.22. The summed E-state index contributed by atoms with van der Waals surface area (Å²) in [6, 6.07) is 10.3. The summed E-state index contributed by atoms with van der Waals surface area (Å²) in [4.78, 5) is 14.2. The van der Waals surface area contributed by atoms with E-state index in [1.807, 2.05) is 6.07 Å². The summed E-state index contributed by atoms with van der Waals surface area (Å²) in [5.74, 6) is 0.684. The first kappa shape index (κ1) is 19.4. The van der Waals surface area contributed by atoms with E-state index in [9.17, 15) is 17.6 Å². The Bertz CT molecular complexity index is 1040. The van der Waals surface area contributed by atoms with Gasteiger partial charge in [-0.15, -0.1) is 0 Å². The lowest BCUT2D eigenvalue weighted by Crippen LogP contribution is -2.41. The smallest absolute Gasteiger partial charge is 0.246 e.